The molecular formula is C12H18N2O3. The van der Waals surface area contributed by atoms with Crippen molar-refractivity contribution in [2.24, 2.45) is 0 Å². The summed E-state index contributed by atoms with van der Waals surface area (Å²) >= 11 is 0. The molecule has 0 fully saturated rings. The van der Waals surface area contributed by atoms with Crippen molar-refractivity contribution in [3.8, 4) is 0 Å². The lowest BCUT2D eigenvalue weighted by atomic mass is 10.1. The van der Waals surface area contributed by atoms with Gasteiger partial charge in [0.1, 0.15) is 5.69 Å². The number of rotatable bonds is 6. The van der Waals surface area contributed by atoms with Crippen LogP contribution in [0.1, 0.15) is 25.3 Å². The van der Waals surface area contributed by atoms with Gasteiger partial charge in [0, 0.05) is 12.1 Å². The SMILES string of the molecule is CCCC(O)CNc1cccc(C)c1[N+](=O)[O-]. The van der Waals surface area contributed by atoms with Crippen LogP contribution in [-0.2, 0) is 0 Å². The van der Waals surface area contributed by atoms with E-state index in [0.29, 0.717) is 24.2 Å². The lowest BCUT2D eigenvalue weighted by Crippen LogP contribution is -2.19. The molecule has 1 unspecified atom stereocenters. The fraction of sp³-hybridized carbons (Fsp3) is 0.500. The van der Waals surface area contributed by atoms with Crippen molar-refractivity contribution < 1.29 is 10.0 Å². The Kier molecular flexibility index (Phi) is 4.90. The molecule has 0 aliphatic rings. The molecule has 0 aliphatic carbocycles. The zero-order valence-corrected chi connectivity index (χ0v) is 10.1. The lowest BCUT2D eigenvalue weighted by Gasteiger charge is -2.12. The number of aliphatic hydroxyl groups excluding tert-OH is 1. The minimum absolute atomic E-state index is 0.0798. The summed E-state index contributed by atoms with van der Waals surface area (Å²) in [5.41, 5.74) is 1.16. The maximum absolute atomic E-state index is 10.9. The van der Waals surface area contributed by atoms with Crippen molar-refractivity contribution in [3.63, 3.8) is 0 Å². The molecule has 17 heavy (non-hydrogen) atoms. The maximum Gasteiger partial charge on any atom is 0.295 e. The molecule has 1 aromatic rings. The Labute approximate surface area is 101 Å². The molecule has 1 aromatic carbocycles. The summed E-state index contributed by atoms with van der Waals surface area (Å²) in [4.78, 5) is 10.5. The van der Waals surface area contributed by atoms with E-state index >= 15 is 0 Å². The molecule has 1 rings (SSSR count). The normalized spacial score (nSPS) is 12.2. The number of aliphatic hydroxyl groups is 1. The Bertz CT molecular complexity index is 393. The van der Waals surface area contributed by atoms with Gasteiger partial charge in [-0.25, -0.2) is 0 Å². The van der Waals surface area contributed by atoms with Crippen LogP contribution in [-0.4, -0.2) is 22.7 Å². The first kappa shape index (κ1) is 13.4. The van der Waals surface area contributed by atoms with Gasteiger partial charge in [-0.2, -0.15) is 0 Å². The first-order valence-electron chi connectivity index (χ1n) is 5.72. The van der Waals surface area contributed by atoms with E-state index in [-0.39, 0.29) is 5.69 Å². The van der Waals surface area contributed by atoms with Gasteiger partial charge in [-0.15, -0.1) is 0 Å². The van der Waals surface area contributed by atoms with Gasteiger partial charge in [-0.1, -0.05) is 25.5 Å². The predicted octanol–water partition coefficient (Wildman–Crippen LogP) is 2.48. The van der Waals surface area contributed by atoms with Crippen LogP contribution in [0.3, 0.4) is 0 Å². The summed E-state index contributed by atoms with van der Waals surface area (Å²) in [6.45, 7) is 4.02. The summed E-state index contributed by atoms with van der Waals surface area (Å²) < 4.78 is 0. The number of aryl methyl sites for hydroxylation is 1. The number of hydrogen-bond donors (Lipinski definition) is 2. The number of benzene rings is 1. The molecule has 0 heterocycles. The second kappa shape index (κ2) is 6.20. The van der Waals surface area contributed by atoms with Crippen LogP contribution in [0.25, 0.3) is 0 Å². The Morgan fingerprint density at radius 3 is 2.82 bits per heavy atom. The largest absolute Gasteiger partial charge is 0.391 e. The zero-order valence-electron chi connectivity index (χ0n) is 10.1. The molecule has 94 valence electrons. The Morgan fingerprint density at radius 2 is 2.24 bits per heavy atom. The minimum atomic E-state index is -0.472. The van der Waals surface area contributed by atoms with Gasteiger partial charge < -0.3 is 10.4 Å². The number of nitrogens with zero attached hydrogens (tertiary/aromatic N) is 1. The smallest absolute Gasteiger partial charge is 0.295 e. The first-order chi connectivity index (χ1) is 8.06. The topological polar surface area (TPSA) is 75.4 Å². The highest BCUT2D eigenvalue weighted by Crippen LogP contribution is 2.27. The highest BCUT2D eigenvalue weighted by atomic mass is 16.6. The Balaban J connectivity index is 2.77. The number of nitrogens with one attached hydrogen (secondary N) is 1. The molecule has 0 saturated heterocycles. The molecule has 0 saturated carbocycles. The highest BCUT2D eigenvalue weighted by molar-refractivity contribution is 5.65. The summed E-state index contributed by atoms with van der Waals surface area (Å²) in [5, 5.41) is 23.4. The molecule has 2 N–H and O–H groups in total. The van der Waals surface area contributed by atoms with E-state index in [1.54, 1.807) is 25.1 Å². The summed E-state index contributed by atoms with van der Waals surface area (Å²) in [6, 6.07) is 5.12. The lowest BCUT2D eigenvalue weighted by molar-refractivity contribution is -0.384. The predicted molar refractivity (Wildman–Crippen MR) is 67.2 cm³/mol. The molecule has 5 nitrogen and oxygen atoms in total. The van der Waals surface area contributed by atoms with E-state index in [1.165, 1.54) is 0 Å². The van der Waals surface area contributed by atoms with Crippen molar-refractivity contribution >= 4 is 11.4 Å². The Hall–Kier alpha value is -1.62. The average molecular weight is 238 g/mol. The zero-order chi connectivity index (χ0) is 12.8. The quantitative estimate of drug-likeness (QED) is 0.589. The van der Waals surface area contributed by atoms with Crippen molar-refractivity contribution in [2.45, 2.75) is 32.8 Å². The second-order valence-corrected chi connectivity index (χ2v) is 4.05. The van der Waals surface area contributed by atoms with Gasteiger partial charge in [0.05, 0.1) is 11.0 Å². The van der Waals surface area contributed by atoms with Crippen LogP contribution >= 0.6 is 0 Å². The maximum atomic E-state index is 10.9. The van der Waals surface area contributed by atoms with E-state index in [9.17, 15) is 15.2 Å². The van der Waals surface area contributed by atoms with Crippen LogP contribution in [0.4, 0.5) is 11.4 Å². The van der Waals surface area contributed by atoms with Gasteiger partial charge in [0.2, 0.25) is 0 Å². The number of nitro groups is 1. The molecular weight excluding hydrogens is 220 g/mol. The van der Waals surface area contributed by atoms with Crippen molar-refractivity contribution in [3.05, 3.63) is 33.9 Å². The van der Waals surface area contributed by atoms with Crippen molar-refractivity contribution in [1.82, 2.24) is 0 Å². The van der Waals surface area contributed by atoms with Crippen molar-refractivity contribution in [1.29, 1.82) is 0 Å². The average Bonchev–Trinajstić information content (AvgIpc) is 2.26. The van der Waals surface area contributed by atoms with E-state index in [0.717, 1.165) is 6.42 Å². The van der Waals surface area contributed by atoms with E-state index in [1.807, 2.05) is 6.92 Å². The molecule has 0 aromatic heterocycles. The number of nitro benzene ring substituents is 1. The second-order valence-electron chi connectivity index (χ2n) is 4.05. The molecule has 5 heteroatoms. The fourth-order valence-corrected chi connectivity index (χ4v) is 1.71. The number of hydrogen-bond acceptors (Lipinski definition) is 4. The van der Waals surface area contributed by atoms with Crippen LogP contribution in [0.15, 0.2) is 18.2 Å². The molecule has 1 atom stereocenters. The number of para-hydroxylation sites is 1. The summed E-state index contributed by atoms with van der Waals surface area (Å²) in [7, 11) is 0. The summed E-state index contributed by atoms with van der Waals surface area (Å²) in [5.74, 6) is 0. The Morgan fingerprint density at radius 1 is 1.53 bits per heavy atom. The highest BCUT2D eigenvalue weighted by Gasteiger charge is 2.16. The van der Waals surface area contributed by atoms with Gasteiger partial charge in [-0.3, -0.25) is 10.1 Å². The van der Waals surface area contributed by atoms with Gasteiger partial charge in [-0.05, 0) is 19.4 Å². The summed E-state index contributed by atoms with van der Waals surface area (Å²) in [6.07, 6.45) is 1.10. The standard InChI is InChI=1S/C12H18N2O3/c1-3-5-10(15)8-13-11-7-4-6-9(2)12(11)14(16)17/h4,6-7,10,13,15H,3,5,8H2,1-2H3. The minimum Gasteiger partial charge on any atom is -0.391 e. The third kappa shape index (κ3) is 3.71. The molecule has 0 spiro atoms. The fourth-order valence-electron chi connectivity index (χ4n) is 1.71. The van der Waals surface area contributed by atoms with Crippen molar-refractivity contribution in [2.75, 3.05) is 11.9 Å². The number of anilines is 1. The van der Waals surface area contributed by atoms with Crippen LogP contribution in [0.5, 0.6) is 0 Å². The van der Waals surface area contributed by atoms with E-state index < -0.39 is 11.0 Å². The third-order valence-corrected chi connectivity index (χ3v) is 2.57. The monoisotopic (exact) mass is 238 g/mol. The molecule has 0 radical (unpaired) electrons. The van der Waals surface area contributed by atoms with Gasteiger partial charge in [0.15, 0.2) is 0 Å². The first-order valence-corrected chi connectivity index (χ1v) is 5.72. The van der Waals surface area contributed by atoms with Gasteiger partial charge in [0.25, 0.3) is 5.69 Å². The molecule has 0 aliphatic heterocycles. The third-order valence-electron chi connectivity index (χ3n) is 2.57. The van der Waals surface area contributed by atoms with E-state index in [2.05, 4.69) is 5.32 Å². The van der Waals surface area contributed by atoms with Crippen LogP contribution in [0, 0.1) is 17.0 Å². The van der Waals surface area contributed by atoms with Gasteiger partial charge >= 0.3 is 0 Å². The van der Waals surface area contributed by atoms with E-state index in [4.69, 9.17) is 0 Å². The molecule has 0 bridgehead atoms. The molecule has 0 amide bonds. The van der Waals surface area contributed by atoms with Crippen LogP contribution < -0.4 is 5.32 Å². The van der Waals surface area contributed by atoms with Crippen LogP contribution in [0.2, 0.25) is 0 Å².